The Balaban J connectivity index is 2.37. The Labute approximate surface area is 95.0 Å². The second-order valence-electron chi connectivity index (χ2n) is 4.33. The Morgan fingerprint density at radius 3 is 2.81 bits per heavy atom. The van der Waals surface area contributed by atoms with Gasteiger partial charge in [0.2, 0.25) is 0 Å². The third-order valence-electron chi connectivity index (χ3n) is 3.55. The predicted molar refractivity (Wildman–Crippen MR) is 58.6 cm³/mol. The average Bonchev–Trinajstić information content (AvgIpc) is 2.42. The molecule has 89 valence electrons. The van der Waals surface area contributed by atoms with Crippen LogP contribution >= 0.6 is 0 Å². The van der Waals surface area contributed by atoms with Crippen molar-refractivity contribution in [2.45, 2.75) is 24.5 Å². The van der Waals surface area contributed by atoms with Crippen molar-refractivity contribution in [1.29, 1.82) is 0 Å². The molecule has 2 aliphatic rings. The van der Waals surface area contributed by atoms with Crippen molar-refractivity contribution in [2.24, 2.45) is 0 Å². The number of fused-ring (bicyclic) bond motifs is 1. The number of rotatable bonds is 2. The summed E-state index contributed by atoms with van der Waals surface area (Å²) in [6.07, 6.45) is 1.33. The smallest absolute Gasteiger partial charge is 0.321 e. The van der Waals surface area contributed by atoms with E-state index in [1.807, 2.05) is 0 Å². The minimum Gasteiger partial charge on any atom is -0.336 e. The zero-order valence-corrected chi connectivity index (χ0v) is 9.62. The Morgan fingerprint density at radius 2 is 2.19 bits per heavy atom. The van der Waals surface area contributed by atoms with Crippen LogP contribution in [0.15, 0.2) is 0 Å². The van der Waals surface area contributed by atoms with Crippen molar-refractivity contribution < 1.29 is 9.59 Å². The topological polar surface area (TPSA) is 64.7 Å². The lowest BCUT2D eigenvalue weighted by molar-refractivity contribution is 0.0957. The first kappa shape index (κ1) is 11.0. The largest absolute Gasteiger partial charge is 0.336 e. The fourth-order valence-electron chi connectivity index (χ4n) is 2.65. The van der Waals surface area contributed by atoms with E-state index in [1.54, 1.807) is 23.9 Å². The van der Waals surface area contributed by atoms with Gasteiger partial charge in [-0.05, 0) is 12.8 Å². The molecule has 2 N–H and O–H groups in total. The molecule has 0 aromatic rings. The number of nitrogens with one attached hydrogen (secondary N) is 2. The van der Waals surface area contributed by atoms with Gasteiger partial charge in [-0.1, -0.05) is 6.92 Å². The molecule has 0 aromatic carbocycles. The fraction of sp³-hybridized carbons (Fsp3) is 0.700. The number of hydrogen-bond donors (Lipinski definition) is 2. The summed E-state index contributed by atoms with van der Waals surface area (Å²) in [6, 6.07) is -0.327. The maximum atomic E-state index is 11.9. The van der Waals surface area contributed by atoms with Crippen molar-refractivity contribution >= 4 is 12.1 Å². The minimum atomic E-state index is -0.601. The van der Waals surface area contributed by atoms with Gasteiger partial charge in [-0.2, -0.15) is 0 Å². The third kappa shape index (κ3) is 1.25. The average molecular weight is 225 g/mol. The molecule has 2 saturated heterocycles. The number of likely N-dealkylation sites (N-methyl/N-ethyl adjacent to an activating group) is 2. The predicted octanol–water partition coefficient (Wildman–Crippen LogP) is -0.0244. The highest BCUT2D eigenvalue weighted by atomic mass is 16.2. The van der Waals surface area contributed by atoms with E-state index in [2.05, 4.69) is 17.6 Å². The van der Waals surface area contributed by atoms with Gasteiger partial charge in [-0.15, -0.1) is 0 Å². The molecule has 2 aliphatic heterocycles. The van der Waals surface area contributed by atoms with E-state index in [4.69, 9.17) is 0 Å². The normalized spacial score (nSPS) is 33.6. The van der Waals surface area contributed by atoms with E-state index in [0.29, 0.717) is 19.4 Å². The Hall–Kier alpha value is -1.46. The van der Waals surface area contributed by atoms with Crippen LogP contribution in [0.25, 0.3) is 0 Å². The summed E-state index contributed by atoms with van der Waals surface area (Å²) in [4.78, 5) is 26.6. The van der Waals surface area contributed by atoms with Crippen LogP contribution in [0.3, 0.4) is 0 Å². The second-order valence-corrected chi connectivity index (χ2v) is 4.33. The molecule has 0 spiro atoms. The Bertz CT molecular complexity index is 333. The van der Waals surface area contributed by atoms with Gasteiger partial charge < -0.3 is 20.4 Å². The van der Waals surface area contributed by atoms with Crippen molar-refractivity contribution in [3.05, 3.63) is 6.92 Å². The van der Waals surface area contributed by atoms with Crippen molar-refractivity contribution in [3.63, 3.8) is 0 Å². The van der Waals surface area contributed by atoms with Crippen molar-refractivity contribution in [2.75, 3.05) is 20.6 Å². The Morgan fingerprint density at radius 1 is 1.50 bits per heavy atom. The van der Waals surface area contributed by atoms with Crippen LogP contribution in [0.1, 0.15) is 12.8 Å². The minimum absolute atomic E-state index is 0.0375. The van der Waals surface area contributed by atoms with Crippen LogP contribution < -0.4 is 10.6 Å². The van der Waals surface area contributed by atoms with Crippen LogP contribution in [0.2, 0.25) is 0 Å². The molecular weight excluding hydrogens is 208 g/mol. The van der Waals surface area contributed by atoms with E-state index in [0.717, 1.165) is 0 Å². The van der Waals surface area contributed by atoms with Gasteiger partial charge in [0.25, 0.3) is 0 Å². The number of hydrogen-bond acceptors (Lipinski definition) is 2. The number of carbonyl (C=O) groups excluding carboxylic acids is 2. The maximum Gasteiger partial charge on any atom is 0.321 e. The molecule has 0 aromatic heterocycles. The van der Waals surface area contributed by atoms with E-state index < -0.39 is 5.66 Å². The zero-order valence-electron chi connectivity index (χ0n) is 9.62. The molecule has 2 rings (SSSR count). The second kappa shape index (κ2) is 3.54. The molecule has 1 radical (unpaired) electrons. The zero-order chi connectivity index (χ0) is 11.9. The SMILES string of the molecule is [CH2]CCC12NC(=O)NCC1N(C)C(=O)N2C. The molecule has 0 aliphatic carbocycles. The van der Waals surface area contributed by atoms with Crippen LogP contribution in [0.4, 0.5) is 9.59 Å². The van der Waals surface area contributed by atoms with E-state index in [1.165, 1.54) is 0 Å². The molecule has 2 atom stereocenters. The number of urea groups is 2. The first-order valence-electron chi connectivity index (χ1n) is 5.39. The van der Waals surface area contributed by atoms with Gasteiger partial charge in [0.1, 0.15) is 5.66 Å². The van der Waals surface area contributed by atoms with Gasteiger partial charge in [-0.25, -0.2) is 9.59 Å². The fourth-order valence-corrected chi connectivity index (χ4v) is 2.65. The summed E-state index contributed by atoms with van der Waals surface area (Å²) in [6.45, 7) is 4.30. The number of carbonyl (C=O) groups is 2. The summed E-state index contributed by atoms with van der Waals surface area (Å²) in [5.74, 6) is 0. The van der Waals surface area contributed by atoms with E-state index >= 15 is 0 Å². The standard InChI is InChI=1S/C10H17N4O2/c1-4-5-10-7(6-11-8(15)12-10)13(2)9(16)14(10)3/h7H,1,4-6H2,2-3H3,(H2,11,12,15). The summed E-state index contributed by atoms with van der Waals surface area (Å²) in [5, 5.41) is 5.59. The summed E-state index contributed by atoms with van der Waals surface area (Å²) in [7, 11) is 3.48. The van der Waals surface area contributed by atoms with Gasteiger partial charge >= 0.3 is 12.1 Å². The lowest BCUT2D eigenvalue weighted by atomic mass is 9.93. The highest BCUT2D eigenvalue weighted by Crippen LogP contribution is 2.33. The first-order valence-corrected chi connectivity index (χ1v) is 5.39. The van der Waals surface area contributed by atoms with Gasteiger partial charge in [0, 0.05) is 20.6 Å². The van der Waals surface area contributed by atoms with Gasteiger partial charge in [-0.3, -0.25) is 0 Å². The first-order chi connectivity index (χ1) is 7.53. The quantitative estimate of drug-likeness (QED) is 0.693. The Kier molecular flexibility index (Phi) is 2.44. The lowest BCUT2D eigenvalue weighted by Gasteiger charge is -2.43. The number of nitrogens with zero attached hydrogens (tertiary/aromatic N) is 2. The lowest BCUT2D eigenvalue weighted by Crippen LogP contribution is -2.70. The van der Waals surface area contributed by atoms with Crippen molar-refractivity contribution in [1.82, 2.24) is 20.4 Å². The highest BCUT2D eigenvalue weighted by Gasteiger charge is 2.56. The van der Waals surface area contributed by atoms with Crippen molar-refractivity contribution in [3.8, 4) is 0 Å². The molecule has 6 heteroatoms. The van der Waals surface area contributed by atoms with Gasteiger partial charge in [0.15, 0.2) is 0 Å². The third-order valence-corrected chi connectivity index (χ3v) is 3.55. The molecule has 2 heterocycles. The molecule has 16 heavy (non-hydrogen) atoms. The van der Waals surface area contributed by atoms with Gasteiger partial charge in [0.05, 0.1) is 6.04 Å². The van der Waals surface area contributed by atoms with Crippen LogP contribution in [0.5, 0.6) is 0 Å². The summed E-state index contributed by atoms with van der Waals surface area (Å²) >= 11 is 0. The molecular formula is C10H17N4O2. The van der Waals surface area contributed by atoms with Crippen LogP contribution in [-0.4, -0.2) is 54.2 Å². The van der Waals surface area contributed by atoms with E-state index in [9.17, 15) is 9.59 Å². The van der Waals surface area contributed by atoms with E-state index in [-0.39, 0.29) is 18.1 Å². The maximum absolute atomic E-state index is 11.9. The molecule has 0 bridgehead atoms. The molecule has 4 amide bonds. The number of amides is 4. The molecule has 2 unspecified atom stereocenters. The molecule has 2 fully saturated rings. The summed E-state index contributed by atoms with van der Waals surface area (Å²) < 4.78 is 0. The highest BCUT2D eigenvalue weighted by molar-refractivity contribution is 5.83. The molecule has 6 nitrogen and oxygen atoms in total. The monoisotopic (exact) mass is 225 g/mol. The molecule has 0 saturated carbocycles. The van der Waals surface area contributed by atoms with Crippen LogP contribution in [0, 0.1) is 6.92 Å². The summed E-state index contributed by atoms with van der Waals surface area (Å²) in [5.41, 5.74) is -0.601. The van der Waals surface area contributed by atoms with Crippen LogP contribution in [-0.2, 0) is 0 Å².